The molecule has 3 aliphatic rings. The molecule has 234 valence electrons. The zero-order chi connectivity index (χ0) is 31.6. The van der Waals surface area contributed by atoms with Crippen molar-refractivity contribution in [2.45, 2.75) is 39.4 Å². The topological polar surface area (TPSA) is 176 Å². The molecular weight excluding hydrogens is 606 g/mol. The molecule has 2 atom stereocenters. The molecule has 4 aromatic rings. The number of halogens is 1. The molecule has 4 N–H and O–H groups in total. The molecule has 2 amide bonds. The maximum atomic E-state index is 14.0. The normalized spacial score (nSPS) is 18.8. The highest BCUT2D eigenvalue weighted by Crippen LogP contribution is 2.50. The molecule has 14 nitrogen and oxygen atoms in total. The van der Waals surface area contributed by atoms with Crippen LogP contribution in [0.15, 0.2) is 29.3 Å². The van der Waals surface area contributed by atoms with Crippen molar-refractivity contribution < 1.29 is 28.9 Å². The summed E-state index contributed by atoms with van der Waals surface area (Å²) in [7, 11) is 0. The first-order valence-electron chi connectivity index (χ1n) is 14.5. The van der Waals surface area contributed by atoms with Gasteiger partial charge in [0.25, 0.3) is 11.5 Å². The molecule has 0 saturated carbocycles. The van der Waals surface area contributed by atoms with Crippen LogP contribution in [-0.2, 0) is 29.0 Å². The second-order valence-corrected chi connectivity index (χ2v) is 12.0. The number of ether oxygens (including phenoxy) is 3. The van der Waals surface area contributed by atoms with Crippen molar-refractivity contribution in [2.24, 2.45) is 11.7 Å². The first kappa shape index (κ1) is 28.9. The predicted molar refractivity (Wildman–Crippen MR) is 164 cm³/mol. The van der Waals surface area contributed by atoms with E-state index in [1.165, 1.54) is 12.3 Å². The van der Waals surface area contributed by atoms with Crippen molar-refractivity contribution in [3.05, 3.63) is 51.3 Å². The number of nitrogens with two attached hydrogens (primary N) is 1. The van der Waals surface area contributed by atoms with Gasteiger partial charge in [0.05, 0.1) is 47.1 Å². The molecule has 45 heavy (non-hydrogen) atoms. The number of nitrogens with one attached hydrogen (secondary N) is 1. The number of rotatable bonds is 6. The van der Waals surface area contributed by atoms with E-state index >= 15 is 0 Å². The number of anilines is 2. The van der Waals surface area contributed by atoms with Crippen molar-refractivity contribution in [2.75, 3.05) is 36.8 Å². The van der Waals surface area contributed by atoms with Crippen LogP contribution < -0.4 is 31.0 Å². The lowest BCUT2D eigenvalue weighted by molar-refractivity contribution is -0.116. The zero-order valence-electron chi connectivity index (χ0n) is 24.5. The van der Waals surface area contributed by atoms with E-state index < -0.39 is 17.6 Å². The number of benzene rings is 1. The van der Waals surface area contributed by atoms with Crippen LogP contribution in [0.4, 0.5) is 11.5 Å². The molecule has 0 aliphatic carbocycles. The van der Waals surface area contributed by atoms with E-state index in [9.17, 15) is 19.5 Å². The summed E-state index contributed by atoms with van der Waals surface area (Å²) >= 11 is 6.44. The monoisotopic (exact) mass is 635 g/mol. The van der Waals surface area contributed by atoms with E-state index in [4.69, 9.17) is 36.5 Å². The van der Waals surface area contributed by atoms with Crippen molar-refractivity contribution in [3.63, 3.8) is 0 Å². The summed E-state index contributed by atoms with van der Waals surface area (Å²) in [6, 6.07) is 3.18. The van der Waals surface area contributed by atoms with Gasteiger partial charge < -0.3 is 39.8 Å². The van der Waals surface area contributed by atoms with Gasteiger partial charge >= 0.3 is 0 Å². The lowest BCUT2D eigenvalue weighted by Crippen LogP contribution is -2.44. The third-order valence-electron chi connectivity index (χ3n) is 8.34. The van der Waals surface area contributed by atoms with Crippen LogP contribution in [0.3, 0.4) is 0 Å². The van der Waals surface area contributed by atoms with E-state index in [1.54, 1.807) is 21.4 Å². The molecule has 0 spiro atoms. The van der Waals surface area contributed by atoms with Gasteiger partial charge in [-0.05, 0) is 18.9 Å². The SMILES string of the molecule is CC1Cc2nc3c(c(-c4cc(C(N)=O)c(O)c5c4OCO5)cn3CC(=O)Nc3cc(N4CCOC[C@@H]4C)ncc3Cl)c(=O)n2C1. The molecule has 1 unspecified atom stereocenters. The Morgan fingerprint density at radius 3 is 2.78 bits per heavy atom. The Morgan fingerprint density at radius 1 is 1.20 bits per heavy atom. The van der Waals surface area contributed by atoms with Crippen LogP contribution in [-0.4, -0.2) is 68.6 Å². The molecule has 3 aromatic heterocycles. The zero-order valence-corrected chi connectivity index (χ0v) is 25.3. The van der Waals surface area contributed by atoms with Crippen LogP contribution in [0.5, 0.6) is 17.2 Å². The second-order valence-electron chi connectivity index (χ2n) is 11.6. The van der Waals surface area contributed by atoms with Crippen molar-refractivity contribution in [3.8, 4) is 28.4 Å². The van der Waals surface area contributed by atoms with Gasteiger partial charge in [-0.2, -0.15) is 0 Å². The summed E-state index contributed by atoms with van der Waals surface area (Å²) < 4.78 is 19.8. The third kappa shape index (κ3) is 4.90. The number of hydrogen-bond donors (Lipinski definition) is 3. The van der Waals surface area contributed by atoms with Gasteiger partial charge in [-0.1, -0.05) is 18.5 Å². The Hall–Kier alpha value is -4.82. The highest BCUT2D eigenvalue weighted by molar-refractivity contribution is 6.33. The fourth-order valence-electron chi connectivity index (χ4n) is 6.20. The molecule has 3 aliphatic heterocycles. The summed E-state index contributed by atoms with van der Waals surface area (Å²) in [5, 5.41) is 14.0. The molecule has 7 rings (SSSR count). The number of carbonyl (C=O) groups excluding carboxylic acids is 2. The Balaban J connectivity index is 1.30. The molecule has 15 heteroatoms. The molecule has 0 bridgehead atoms. The minimum Gasteiger partial charge on any atom is -0.504 e. The van der Waals surface area contributed by atoms with Gasteiger partial charge in [0.2, 0.25) is 18.4 Å². The summed E-state index contributed by atoms with van der Waals surface area (Å²) in [5.74, 6) is -0.199. The van der Waals surface area contributed by atoms with Gasteiger partial charge in [0.1, 0.15) is 23.8 Å². The number of aromatic nitrogens is 4. The maximum absolute atomic E-state index is 14.0. The second kappa shape index (κ2) is 11.0. The maximum Gasteiger partial charge on any atom is 0.263 e. The van der Waals surface area contributed by atoms with Gasteiger partial charge in [-0.25, -0.2) is 9.97 Å². The van der Waals surface area contributed by atoms with Crippen LogP contribution in [0.2, 0.25) is 5.02 Å². The number of fused-ring (bicyclic) bond motifs is 3. The Morgan fingerprint density at radius 2 is 2.00 bits per heavy atom. The fraction of sp³-hybridized carbons (Fsp3) is 0.367. The number of nitrogens with zero attached hydrogens (tertiary/aromatic N) is 5. The Bertz CT molecular complexity index is 1960. The summed E-state index contributed by atoms with van der Waals surface area (Å²) in [4.78, 5) is 51.1. The van der Waals surface area contributed by atoms with E-state index in [2.05, 4.69) is 15.2 Å². The van der Waals surface area contributed by atoms with Gasteiger partial charge in [-0.3, -0.25) is 19.0 Å². The quantitative estimate of drug-likeness (QED) is 0.285. The van der Waals surface area contributed by atoms with Gasteiger partial charge in [-0.15, -0.1) is 0 Å². The summed E-state index contributed by atoms with van der Waals surface area (Å²) in [6.45, 7) is 5.91. The van der Waals surface area contributed by atoms with Crippen LogP contribution in [0.1, 0.15) is 30.0 Å². The highest BCUT2D eigenvalue weighted by Gasteiger charge is 2.32. The van der Waals surface area contributed by atoms with Crippen molar-refractivity contribution in [1.82, 2.24) is 19.1 Å². The van der Waals surface area contributed by atoms with E-state index in [0.717, 1.165) is 0 Å². The van der Waals surface area contributed by atoms with Gasteiger partial charge in [0.15, 0.2) is 11.5 Å². The standard InChI is InChI=1S/C30H30ClN7O7/c1-14-5-22-35-29-24(30(42)38(22)9-14)18(16-6-17(28(32)41)25(40)27-26(16)44-13-45-27)10-36(29)11-23(39)34-20-7-21(33-8-19(20)31)37-3-4-43-12-15(37)2/h6-8,10,14-15,40H,3-5,9,11-13H2,1-2H3,(H2,32,41)(H,33,34,39)/t14?,15-/m0/s1. The molecule has 1 aromatic carbocycles. The lowest BCUT2D eigenvalue weighted by Gasteiger charge is -2.34. The lowest BCUT2D eigenvalue weighted by atomic mass is 10.00. The smallest absolute Gasteiger partial charge is 0.263 e. The Kier molecular flexibility index (Phi) is 7.05. The summed E-state index contributed by atoms with van der Waals surface area (Å²) in [6.07, 6.45) is 3.70. The first-order valence-corrected chi connectivity index (χ1v) is 14.9. The number of amides is 2. The van der Waals surface area contributed by atoms with Crippen LogP contribution >= 0.6 is 11.6 Å². The molecule has 1 saturated heterocycles. The molecule has 1 fully saturated rings. The van der Waals surface area contributed by atoms with Crippen molar-refractivity contribution >= 4 is 46.0 Å². The van der Waals surface area contributed by atoms with Gasteiger partial charge in [0, 0.05) is 42.9 Å². The average Bonchev–Trinajstić information content (AvgIpc) is 3.73. The minimum atomic E-state index is -0.889. The van der Waals surface area contributed by atoms with E-state index in [-0.39, 0.29) is 64.0 Å². The predicted octanol–water partition coefficient (Wildman–Crippen LogP) is 2.50. The van der Waals surface area contributed by atoms with E-state index in [1.807, 2.05) is 13.8 Å². The number of pyridine rings is 1. The number of morpholine rings is 1. The fourth-order valence-corrected chi connectivity index (χ4v) is 6.35. The average molecular weight is 636 g/mol. The number of primary amides is 1. The highest BCUT2D eigenvalue weighted by atomic mass is 35.5. The van der Waals surface area contributed by atoms with E-state index in [0.29, 0.717) is 61.2 Å². The number of hydrogen-bond acceptors (Lipinski definition) is 10. The first-order chi connectivity index (χ1) is 21.6. The van der Waals surface area contributed by atoms with Crippen LogP contribution in [0.25, 0.3) is 22.2 Å². The molecular formula is C30H30ClN7O7. The largest absolute Gasteiger partial charge is 0.504 e. The molecule has 0 radical (unpaired) electrons. The third-order valence-corrected chi connectivity index (χ3v) is 8.64. The Labute approximate surface area is 261 Å². The van der Waals surface area contributed by atoms with Crippen molar-refractivity contribution in [1.29, 1.82) is 0 Å². The number of aromatic hydroxyl groups is 1. The molecule has 6 heterocycles. The number of phenols is 1. The number of carbonyl (C=O) groups is 2. The summed E-state index contributed by atoms with van der Waals surface area (Å²) in [5.41, 5.74) is 6.38. The minimum absolute atomic E-state index is 0.0551. The van der Waals surface area contributed by atoms with Crippen LogP contribution in [0, 0.1) is 5.92 Å².